The second-order valence-corrected chi connectivity index (χ2v) is 7.38. The summed E-state index contributed by atoms with van der Waals surface area (Å²) in [5.41, 5.74) is 4.21. The van der Waals surface area contributed by atoms with Gasteiger partial charge in [-0.3, -0.25) is 9.59 Å². The van der Waals surface area contributed by atoms with Gasteiger partial charge in [0.1, 0.15) is 25.2 Å². The lowest BCUT2D eigenvalue weighted by Gasteiger charge is -2.18. The van der Waals surface area contributed by atoms with Gasteiger partial charge < -0.3 is 15.2 Å². The minimum Gasteiger partial charge on any atom is -0.370 e. The Morgan fingerprint density at radius 3 is 2.71 bits per heavy atom. The zero-order chi connectivity index (χ0) is 21.2. The first-order valence-electron chi connectivity index (χ1n) is 9.93. The highest BCUT2D eigenvalue weighted by atomic mass is 16.2. The normalized spacial score (nSPS) is 14.6. The zero-order valence-corrected chi connectivity index (χ0v) is 16.6. The van der Waals surface area contributed by atoms with Crippen LogP contribution in [-0.4, -0.2) is 31.0 Å². The van der Waals surface area contributed by atoms with E-state index >= 15 is 0 Å². The molecule has 1 aliphatic heterocycles. The van der Waals surface area contributed by atoms with Crippen molar-refractivity contribution >= 4 is 23.1 Å². The van der Waals surface area contributed by atoms with Crippen LogP contribution in [0.25, 0.3) is 0 Å². The number of rotatable bonds is 5. The topological polar surface area (TPSA) is 93.8 Å². The lowest BCUT2D eigenvalue weighted by molar-refractivity contribution is -0.116. The van der Waals surface area contributed by atoms with E-state index in [1.54, 1.807) is 24.3 Å². The average Bonchev–Trinajstić information content (AvgIpc) is 3.43. The number of Topliss-reactive ketones (excluding diaryl/α,β-unsaturated/α-hetero) is 1. The van der Waals surface area contributed by atoms with Crippen LogP contribution in [0.3, 0.4) is 0 Å². The molecule has 4 aromatic rings. The van der Waals surface area contributed by atoms with Gasteiger partial charge in [0.05, 0.1) is 0 Å². The average molecular weight is 412 g/mol. The van der Waals surface area contributed by atoms with Crippen molar-refractivity contribution in [2.45, 2.75) is 19.1 Å². The molecule has 0 spiro atoms. The molecule has 1 amide bonds. The Morgan fingerprint density at radius 2 is 1.90 bits per heavy atom. The van der Waals surface area contributed by atoms with E-state index in [1.807, 2.05) is 36.5 Å². The Bertz CT molecular complexity index is 1230. The molecular weight excluding hydrogens is 392 g/mol. The number of nitrogens with zero attached hydrogens (tertiary/aromatic N) is 4. The van der Waals surface area contributed by atoms with Gasteiger partial charge in [-0.15, -0.1) is 0 Å². The van der Waals surface area contributed by atoms with Crippen LogP contribution in [0.2, 0.25) is 0 Å². The molecule has 8 heteroatoms. The van der Waals surface area contributed by atoms with Gasteiger partial charge >= 0.3 is 0 Å². The van der Waals surface area contributed by atoms with E-state index in [9.17, 15) is 9.59 Å². The summed E-state index contributed by atoms with van der Waals surface area (Å²) in [6, 6.07) is 18.4. The van der Waals surface area contributed by atoms with Crippen molar-refractivity contribution in [2.75, 3.05) is 10.6 Å². The van der Waals surface area contributed by atoms with Crippen LogP contribution in [-0.2, 0) is 17.9 Å². The molecule has 0 saturated heterocycles. The summed E-state index contributed by atoms with van der Waals surface area (Å²) in [6.45, 7) is 0.787. The molecular formula is C23H20N6O2. The van der Waals surface area contributed by atoms with Crippen molar-refractivity contribution in [3.63, 3.8) is 0 Å². The van der Waals surface area contributed by atoms with Crippen molar-refractivity contribution < 1.29 is 9.59 Å². The largest absolute Gasteiger partial charge is 0.370 e. The summed E-state index contributed by atoms with van der Waals surface area (Å²) in [5.74, 6) is -0.249. The molecule has 3 heterocycles. The number of nitrogens with one attached hydrogen (secondary N) is 2. The van der Waals surface area contributed by atoms with E-state index in [0.717, 1.165) is 16.9 Å². The van der Waals surface area contributed by atoms with Crippen molar-refractivity contribution in [1.82, 2.24) is 19.3 Å². The summed E-state index contributed by atoms with van der Waals surface area (Å²) in [5, 5.41) is 10.1. The molecule has 1 unspecified atom stereocenters. The summed E-state index contributed by atoms with van der Waals surface area (Å²) in [7, 11) is 0. The molecule has 1 atom stereocenters. The standard InChI is InChI=1S/C23H20N6O2/c30-21(13-29-15-24-14-25-29)26-18-9-7-16(8-10-18)23(31)22-20-6-3-11-28(20)12-17-4-1-2-5-19(17)27-22/h1-11,14-15,22,27H,12-13H2,(H,26,30). The Balaban J connectivity index is 1.35. The monoisotopic (exact) mass is 412 g/mol. The van der Waals surface area contributed by atoms with E-state index in [4.69, 9.17) is 0 Å². The van der Waals surface area contributed by atoms with Crippen LogP contribution < -0.4 is 10.6 Å². The number of hydrogen-bond acceptors (Lipinski definition) is 5. The van der Waals surface area contributed by atoms with E-state index < -0.39 is 6.04 Å². The maximum absolute atomic E-state index is 13.4. The molecule has 5 rings (SSSR count). The number of hydrogen-bond donors (Lipinski definition) is 2. The molecule has 2 aromatic heterocycles. The number of aromatic nitrogens is 4. The SMILES string of the molecule is O=C(Cn1cncn1)Nc1ccc(C(=O)C2Nc3ccccc3Cn3cccc32)cc1. The van der Waals surface area contributed by atoms with Crippen LogP contribution in [0.1, 0.15) is 27.7 Å². The van der Waals surface area contributed by atoms with Gasteiger partial charge in [0, 0.05) is 35.4 Å². The number of para-hydroxylation sites is 1. The first kappa shape index (κ1) is 18.8. The second kappa shape index (κ2) is 7.91. The predicted molar refractivity (Wildman–Crippen MR) is 116 cm³/mol. The van der Waals surface area contributed by atoms with Gasteiger partial charge in [0.2, 0.25) is 5.91 Å². The van der Waals surface area contributed by atoms with Crippen LogP contribution in [0.5, 0.6) is 0 Å². The van der Waals surface area contributed by atoms with E-state index in [1.165, 1.54) is 17.3 Å². The highest BCUT2D eigenvalue weighted by Crippen LogP contribution is 2.31. The van der Waals surface area contributed by atoms with Gasteiger partial charge in [-0.1, -0.05) is 18.2 Å². The third kappa shape index (κ3) is 3.83. The van der Waals surface area contributed by atoms with Crippen molar-refractivity contribution in [2.24, 2.45) is 0 Å². The number of ketones is 1. The van der Waals surface area contributed by atoms with Gasteiger partial charge in [0.25, 0.3) is 0 Å². The number of fused-ring (bicyclic) bond motifs is 2. The number of anilines is 2. The lowest BCUT2D eigenvalue weighted by atomic mass is 10.0. The maximum atomic E-state index is 13.4. The zero-order valence-electron chi connectivity index (χ0n) is 16.6. The minimum atomic E-state index is -0.494. The first-order chi connectivity index (χ1) is 15.2. The molecule has 31 heavy (non-hydrogen) atoms. The van der Waals surface area contributed by atoms with E-state index in [-0.39, 0.29) is 18.2 Å². The summed E-state index contributed by atoms with van der Waals surface area (Å²) >= 11 is 0. The third-order valence-electron chi connectivity index (χ3n) is 5.31. The van der Waals surface area contributed by atoms with Gasteiger partial charge in [-0.05, 0) is 48.0 Å². The molecule has 0 radical (unpaired) electrons. The third-order valence-corrected chi connectivity index (χ3v) is 5.31. The number of amides is 1. The Labute approximate surface area is 178 Å². The van der Waals surface area contributed by atoms with Gasteiger partial charge in [-0.25, -0.2) is 9.67 Å². The molecule has 2 N–H and O–H groups in total. The molecule has 2 aromatic carbocycles. The van der Waals surface area contributed by atoms with Crippen LogP contribution in [0, 0.1) is 0 Å². The fourth-order valence-corrected chi connectivity index (χ4v) is 3.79. The molecule has 0 fully saturated rings. The Hall–Kier alpha value is -4.20. The summed E-state index contributed by atoms with van der Waals surface area (Å²) in [6.07, 6.45) is 4.85. The fourth-order valence-electron chi connectivity index (χ4n) is 3.79. The lowest BCUT2D eigenvalue weighted by Crippen LogP contribution is -2.22. The Morgan fingerprint density at radius 1 is 1.06 bits per heavy atom. The van der Waals surface area contributed by atoms with Crippen LogP contribution in [0.4, 0.5) is 11.4 Å². The number of carbonyl (C=O) groups is 2. The maximum Gasteiger partial charge on any atom is 0.246 e. The van der Waals surface area contributed by atoms with Crippen molar-refractivity contribution in [3.05, 3.63) is 96.3 Å². The quantitative estimate of drug-likeness (QED) is 0.491. The highest BCUT2D eigenvalue weighted by Gasteiger charge is 2.27. The van der Waals surface area contributed by atoms with Crippen LogP contribution in [0.15, 0.2) is 79.5 Å². The van der Waals surface area contributed by atoms with Crippen molar-refractivity contribution in [1.29, 1.82) is 0 Å². The van der Waals surface area contributed by atoms with Crippen LogP contribution >= 0.6 is 0 Å². The first-order valence-corrected chi connectivity index (χ1v) is 9.93. The van der Waals surface area contributed by atoms with E-state index in [0.29, 0.717) is 17.8 Å². The summed E-state index contributed by atoms with van der Waals surface area (Å²) < 4.78 is 3.54. The number of benzene rings is 2. The van der Waals surface area contributed by atoms with Gasteiger partial charge in [-0.2, -0.15) is 5.10 Å². The highest BCUT2D eigenvalue weighted by molar-refractivity contribution is 6.02. The summed E-state index contributed by atoms with van der Waals surface area (Å²) in [4.78, 5) is 29.3. The molecule has 0 saturated carbocycles. The molecule has 0 aliphatic carbocycles. The molecule has 0 bridgehead atoms. The predicted octanol–water partition coefficient (Wildman–Crippen LogP) is 3.12. The molecule has 154 valence electrons. The van der Waals surface area contributed by atoms with Gasteiger partial charge in [0.15, 0.2) is 5.78 Å². The molecule has 8 nitrogen and oxygen atoms in total. The smallest absolute Gasteiger partial charge is 0.246 e. The number of carbonyl (C=O) groups excluding carboxylic acids is 2. The van der Waals surface area contributed by atoms with E-state index in [2.05, 4.69) is 31.3 Å². The Kier molecular flexibility index (Phi) is 4.80. The second-order valence-electron chi connectivity index (χ2n) is 7.38. The molecule has 1 aliphatic rings. The fraction of sp³-hybridized carbons (Fsp3) is 0.130. The minimum absolute atomic E-state index is 0.0304. The van der Waals surface area contributed by atoms with Crippen molar-refractivity contribution in [3.8, 4) is 0 Å².